The van der Waals surface area contributed by atoms with Crippen LogP contribution in [0.2, 0.25) is 0 Å². The van der Waals surface area contributed by atoms with Gasteiger partial charge in [-0.3, -0.25) is 14.2 Å². The highest BCUT2D eigenvalue weighted by Crippen LogP contribution is 2.56. The maximum atomic E-state index is 12.2. The van der Waals surface area contributed by atoms with Gasteiger partial charge in [0.2, 0.25) is 7.37 Å². The lowest BCUT2D eigenvalue weighted by molar-refractivity contribution is -0.143. The van der Waals surface area contributed by atoms with E-state index >= 15 is 0 Å². The van der Waals surface area contributed by atoms with Gasteiger partial charge in [0.25, 0.3) is 0 Å². The Hall–Kier alpha value is -0.910. The average Bonchev–Trinajstić information content (AvgIpc) is 2.25. The van der Waals surface area contributed by atoms with Crippen molar-refractivity contribution in [3.63, 3.8) is 0 Å². The Labute approximate surface area is 104 Å². The Bertz CT molecular complexity index is 380. The highest BCUT2D eigenvalue weighted by Gasteiger charge is 2.47. The van der Waals surface area contributed by atoms with Crippen LogP contribution in [0.1, 0.15) is 32.1 Å². The molecule has 0 aromatic carbocycles. The van der Waals surface area contributed by atoms with E-state index in [1.165, 1.54) is 0 Å². The fraction of sp³-hybridized carbons (Fsp3) is 0.800. The highest BCUT2D eigenvalue weighted by molar-refractivity contribution is 7.60. The van der Waals surface area contributed by atoms with E-state index in [1.807, 2.05) is 0 Å². The first kappa shape index (κ1) is 15.1. The third kappa shape index (κ3) is 3.31. The minimum absolute atomic E-state index is 0.248. The van der Waals surface area contributed by atoms with Crippen LogP contribution in [0.15, 0.2) is 0 Å². The zero-order valence-corrected chi connectivity index (χ0v) is 10.6. The van der Waals surface area contributed by atoms with E-state index in [-0.39, 0.29) is 6.42 Å². The van der Waals surface area contributed by atoms with Crippen molar-refractivity contribution in [2.45, 2.75) is 49.5 Å². The summed E-state index contributed by atoms with van der Waals surface area (Å²) in [5.74, 6) is -3.05. The Morgan fingerprint density at radius 2 is 1.78 bits per heavy atom. The third-order valence-corrected chi connectivity index (χ3v) is 6.12. The molecule has 18 heavy (non-hydrogen) atoms. The van der Waals surface area contributed by atoms with Crippen molar-refractivity contribution in [1.29, 1.82) is 0 Å². The number of hydrogen-bond donors (Lipinski definition) is 4. The lowest BCUT2D eigenvalue weighted by Crippen LogP contribution is -2.36. The van der Waals surface area contributed by atoms with Gasteiger partial charge in [-0.1, -0.05) is 12.8 Å². The first-order valence-corrected chi connectivity index (χ1v) is 7.51. The molecule has 0 aromatic rings. The van der Waals surface area contributed by atoms with E-state index in [1.54, 1.807) is 0 Å². The molecule has 0 aromatic heterocycles. The molecule has 1 fully saturated rings. The van der Waals surface area contributed by atoms with Crippen molar-refractivity contribution < 1.29 is 34.4 Å². The van der Waals surface area contributed by atoms with Crippen LogP contribution in [0.3, 0.4) is 0 Å². The molecule has 0 radical (unpaired) electrons. The molecule has 0 bridgehead atoms. The first-order valence-electron chi connectivity index (χ1n) is 5.71. The molecule has 104 valence electrons. The van der Waals surface area contributed by atoms with Crippen molar-refractivity contribution in [3.05, 3.63) is 0 Å². The Balaban J connectivity index is 2.96. The fourth-order valence-electron chi connectivity index (χ4n) is 2.30. The maximum absolute atomic E-state index is 12.2. The summed E-state index contributed by atoms with van der Waals surface area (Å²) in [4.78, 5) is 31.5. The molecule has 4 atom stereocenters. The van der Waals surface area contributed by atoms with Gasteiger partial charge in [-0.05, 0) is 12.8 Å². The zero-order valence-electron chi connectivity index (χ0n) is 9.73. The lowest BCUT2D eigenvalue weighted by Gasteiger charge is -2.33. The van der Waals surface area contributed by atoms with E-state index < -0.39 is 43.2 Å². The molecular formula is C10H17O7P. The number of aliphatic carboxylic acids is 2. The molecule has 1 aliphatic rings. The van der Waals surface area contributed by atoms with Crippen LogP contribution < -0.4 is 0 Å². The summed E-state index contributed by atoms with van der Waals surface area (Å²) in [6.07, 6.45) is -0.00972. The van der Waals surface area contributed by atoms with Crippen molar-refractivity contribution in [2.75, 3.05) is 0 Å². The Morgan fingerprint density at radius 3 is 2.22 bits per heavy atom. The predicted molar refractivity (Wildman–Crippen MR) is 61.8 cm³/mol. The van der Waals surface area contributed by atoms with Gasteiger partial charge in [0, 0.05) is 0 Å². The van der Waals surface area contributed by atoms with Crippen LogP contribution >= 0.6 is 7.37 Å². The summed E-state index contributed by atoms with van der Waals surface area (Å²) in [5, 5.41) is 27.2. The van der Waals surface area contributed by atoms with E-state index in [9.17, 15) is 24.2 Å². The van der Waals surface area contributed by atoms with Crippen LogP contribution in [0, 0.1) is 0 Å². The number of aliphatic hydroxyl groups excluding tert-OH is 1. The van der Waals surface area contributed by atoms with Crippen LogP contribution in [-0.2, 0) is 14.2 Å². The summed E-state index contributed by atoms with van der Waals surface area (Å²) in [6.45, 7) is 0. The molecule has 1 aliphatic carbocycles. The molecular weight excluding hydrogens is 263 g/mol. The molecule has 0 spiro atoms. The van der Waals surface area contributed by atoms with Crippen molar-refractivity contribution in [3.8, 4) is 0 Å². The molecule has 4 N–H and O–H groups in total. The van der Waals surface area contributed by atoms with E-state index in [2.05, 4.69) is 0 Å². The number of carboxylic acid groups (broad SMARTS) is 2. The second-order valence-electron chi connectivity index (χ2n) is 4.54. The van der Waals surface area contributed by atoms with Crippen LogP contribution in [0.5, 0.6) is 0 Å². The van der Waals surface area contributed by atoms with Gasteiger partial charge >= 0.3 is 11.9 Å². The molecule has 1 unspecified atom stereocenters. The summed E-state index contributed by atoms with van der Waals surface area (Å²) in [7, 11) is -4.27. The summed E-state index contributed by atoms with van der Waals surface area (Å²) in [5.41, 5.74) is -2.89. The largest absolute Gasteiger partial charge is 0.481 e. The number of carboxylic acids is 2. The van der Waals surface area contributed by atoms with Gasteiger partial charge in [0.1, 0.15) is 5.66 Å². The van der Waals surface area contributed by atoms with Gasteiger partial charge in [-0.25, -0.2) is 0 Å². The first-order chi connectivity index (χ1) is 8.26. The zero-order chi connectivity index (χ0) is 13.9. The standard InChI is InChI=1S/C10H17O7P/c11-6-3-1-2-4-7(6)18(16,17)8(10(14)15)5-9(12)13/h6-8,11H,1-5H2,(H,12,13)(H,14,15)(H,16,17)/t6-,7+,8-/m0/s1. The normalized spacial score (nSPS) is 29.2. The predicted octanol–water partition coefficient (Wildman–Crippen LogP) is 0.488. The average molecular weight is 280 g/mol. The summed E-state index contributed by atoms with van der Waals surface area (Å²) in [6, 6.07) is 0. The third-order valence-electron chi connectivity index (χ3n) is 3.27. The van der Waals surface area contributed by atoms with Crippen LogP contribution in [-0.4, -0.2) is 49.6 Å². The van der Waals surface area contributed by atoms with Crippen LogP contribution in [0.4, 0.5) is 0 Å². The molecule has 0 amide bonds. The SMILES string of the molecule is O=C(O)C[C@@H](C(=O)O)P(=O)(O)[C@@H]1CCCC[C@@H]1O. The Kier molecular flexibility index (Phi) is 4.90. The van der Waals surface area contributed by atoms with E-state index in [0.717, 1.165) is 0 Å². The second-order valence-corrected chi connectivity index (χ2v) is 7.18. The van der Waals surface area contributed by atoms with Crippen molar-refractivity contribution in [1.82, 2.24) is 0 Å². The van der Waals surface area contributed by atoms with E-state index in [4.69, 9.17) is 10.2 Å². The fourth-order valence-corrected chi connectivity index (χ4v) is 4.69. The van der Waals surface area contributed by atoms with Gasteiger partial charge < -0.3 is 20.2 Å². The summed E-state index contributed by atoms with van der Waals surface area (Å²) >= 11 is 0. The number of aliphatic hydroxyl groups is 1. The molecule has 0 heterocycles. The molecule has 0 saturated heterocycles. The Morgan fingerprint density at radius 1 is 1.22 bits per heavy atom. The smallest absolute Gasteiger partial charge is 0.316 e. The maximum Gasteiger partial charge on any atom is 0.316 e. The number of rotatable bonds is 5. The quantitative estimate of drug-likeness (QED) is 0.538. The number of carbonyl (C=O) groups is 2. The summed E-state index contributed by atoms with van der Waals surface area (Å²) < 4.78 is 12.2. The van der Waals surface area contributed by atoms with E-state index in [0.29, 0.717) is 19.3 Å². The monoisotopic (exact) mass is 280 g/mol. The molecule has 1 rings (SSSR count). The topological polar surface area (TPSA) is 132 Å². The highest BCUT2D eigenvalue weighted by atomic mass is 31.2. The molecule has 8 heteroatoms. The van der Waals surface area contributed by atoms with Gasteiger partial charge in [0.05, 0.1) is 18.2 Å². The van der Waals surface area contributed by atoms with Crippen molar-refractivity contribution >= 4 is 19.3 Å². The second kappa shape index (κ2) is 5.82. The van der Waals surface area contributed by atoms with Gasteiger partial charge in [-0.15, -0.1) is 0 Å². The van der Waals surface area contributed by atoms with Crippen molar-refractivity contribution in [2.24, 2.45) is 0 Å². The van der Waals surface area contributed by atoms with Gasteiger partial charge in [-0.2, -0.15) is 0 Å². The lowest BCUT2D eigenvalue weighted by atomic mass is 9.97. The minimum Gasteiger partial charge on any atom is -0.481 e. The van der Waals surface area contributed by atoms with Crippen LogP contribution in [0.25, 0.3) is 0 Å². The van der Waals surface area contributed by atoms with Gasteiger partial charge in [0.15, 0.2) is 0 Å². The number of hydrogen-bond acceptors (Lipinski definition) is 4. The molecule has 0 aliphatic heterocycles. The molecule has 7 nitrogen and oxygen atoms in total. The molecule has 1 saturated carbocycles. The minimum atomic E-state index is -4.27.